The maximum atomic E-state index is 9.02. The lowest BCUT2D eigenvalue weighted by molar-refractivity contribution is 0.105. The lowest BCUT2D eigenvalue weighted by atomic mass is 10.2. The van der Waals surface area contributed by atoms with Crippen molar-refractivity contribution in [2.45, 2.75) is 12.5 Å². The molecule has 0 radical (unpaired) electrons. The van der Waals surface area contributed by atoms with Crippen LogP contribution < -0.4 is 0 Å². The molecule has 0 aromatic rings. The third-order valence-electron chi connectivity index (χ3n) is 1.04. The second-order valence-electron chi connectivity index (χ2n) is 2.43. The molecule has 3 heteroatoms. The Morgan fingerprint density at radius 3 is 2.33 bits per heavy atom. The fourth-order valence-corrected chi connectivity index (χ4v) is 0.662. The van der Waals surface area contributed by atoms with Crippen molar-refractivity contribution in [3.63, 3.8) is 0 Å². The Hall–Kier alpha value is -0.120. The van der Waals surface area contributed by atoms with Crippen LogP contribution in [0.15, 0.2) is 0 Å². The van der Waals surface area contributed by atoms with Crippen molar-refractivity contribution in [1.82, 2.24) is 4.90 Å². The normalized spacial score (nSPS) is 14.3. The summed E-state index contributed by atoms with van der Waals surface area (Å²) >= 11 is 0. The molecule has 56 valence electrons. The van der Waals surface area contributed by atoms with Crippen molar-refractivity contribution < 1.29 is 10.2 Å². The summed E-state index contributed by atoms with van der Waals surface area (Å²) in [4.78, 5) is 1.89. The summed E-state index contributed by atoms with van der Waals surface area (Å²) < 4.78 is 0. The van der Waals surface area contributed by atoms with Crippen LogP contribution in [0.2, 0.25) is 0 Å². The van der Waals surface area contributed by atoms with E-state index >= 15 is 0 Å². The summed E-state index contributed by atoms with van der Waals surface area (Å²) in [6.07, 6.45) is 0.0862. The van der Waals surface area contributed by atoms with Gasteiger partial charge in [-0.05, 0) is 20.5 Å². The van der Waals surface area contributed by atoms with Crippen molar-refractivity contribution in [1.29, 1.82) is 0 Å². The Morgan fingerprint density at radius 2 is 2.00 bits per heavy atom. The van der Waals surface area contributed by atoms with Crippen molar-refractivity contribution in [3.05, 3.63) is 0 Å². The number of aliphatic hydroxyl groups excluding tert-OH is 2. The highest BCUT2D eigenvalue weighted by atomic mass is 16.3. The van der Waals surface area contributed by atoms with Gasteiger partial charge in [0.15, 0.2) is 0 Å². The SMILES string of the molecule is CN(C)CC(O)CCO. The van der Waals surface area contributed by atoms with Crippen molar-refractivity contribution in [2.24, 2.45) is 0 Å². The van der Waals surface area contributed by atoms with Crippen LogP contribution in [0.5, 0.6) is 0 Å². The minimum atomic E-state index is -0.384. The maximum absolute atomic E-state index is 9.02. The van der Waals surface area contributed by atoms with E-state index in [1.54, 1.807) is 0 Å². The minimum absolute atomic E-state index is 0.0645. The van der Waals surface area contributed by atoms with Crippen LogP contribution in [0, 0.1) is 0 Å². The van der Waals surface area contributed by atoms with Gasteiger partial charge in [-0.15, -0.1) is 0 Å². The zero-order chi connectivity index (χ0) is 7.28. The fourth-order valence-electron chi connectivity index (χ4n) is 0.662. The van der Waals surface area contributed by atoms with Gasteiger partial charge in [-0.3, -0.25) is 0 Å². The molecule has 3 nitrogen and oxygen atoms in total. The monoisotopic (exact) mass is 133 g/mol. The molecule has 0 spiro atoms. The van der Waals surface area contributed by atoms with Crippen molar-refractivity contribution in [2.75, 3.05) is 27.2 Å². The number of rotatable bonds is 4. The average Bonchev–Trinajstić information content (AvgIpc) is 1.63. The molecule has 0 aromatic heterocycles. The summed E-state index contributed by atoms with van der Waals surface area (Å²) in [5.74, 6) is 0. The Labute approximate surface area is 55.9 Å². The van der Waals surface area contributed by atoms with E-state index in [1.807, 2.05) is 19.0 Å². The zero-order valence-electron chi connectivity index (χ0n) is 6.04. The molecule has 0 heterocycles. The number of aliphatic hydroxyl groups is 2. The average molecular weight is 133 g/mol. The Kier molecular flexibility index (Phi) is 4.67. The summed E-state index contributed by atoms with van der Waals surface area (Å²) in [5.41, 5.74) is 0. The first kappa shape index (κ1) is 8.88. The van der Waals surface area contributed by atoms with E-state index in [0.717, 1.165) is 0 Å². The first-order valence-corrected chi connectivity index (χ1v) is 3.10. The topological polar surface area (TPSA) is 43.7 Å². The van der Waals surface area contributed by atoms with Crippen LogP contribution in [0.25, 0.3) is 0 Å². The minimum Gasteiger partial charge on any atom is -0.396 e. The Morgan fingerprint density at radius 1 is 1.44 bits per heavy atom. The molecule has 0 amide bonds. The fraction of sp³-hybridized carbons (Fsp3) is 1.00. The van der Waals surface area contributed by atoms with Gasteiger partial charge in [-0.1, -0.05) is 0 Å². The third-order valence-corrected chi connectivity index (χ3v) is 1.04. The van der Waals surface area contributed by atoms with Crippen LogP contribution in [0.1, 0.15) is 6.42 Å². The highest BCUT2D eigenvalue weighted by molar-refractivity contribution is 4.56. The first-order chi connectivity index (χ1) is 4.16. The van der Waals surface area contributed by atoms with E-state index < -0.39 is 0 Å². The quantitative estimate of drug-likeness (QED) is 0.532. The molecular formula is C6H15NO2. The first-order valence-electron chi connectivity index (χ1n) is 3.10. The molecule has 0 aromatic carbocycles. The van der Waals surface area contributed by atoms with E-state index in [2.05, 4.69) is 0 Å². The summed E-state index contributed by atoms with van der Waals surface area (Å²) in [7, 11) is 3.78. The van der Waals surface area contributed by atoms with Gasteiger partial charge in [-0.25, -0.2) is 0 Å². The molecule has 0 saturated carbocycles. The third kappa shape index (κ3) is 5.76. The van der Waals surface area contributed by atoms with Gasteiger partial charge in [0, 0.05) is 13.2 Å². The van der Waals surface area contributed by atoms with E-state index in [-0.39, 0.29) is 12.7 Å². The maximum Gasteiger partial charge on any atom is 0.0688 e. The van der Waals surface area contributed by atoms with Gasteiger partial charge < -0.3 is 15.1 Å². The van der Waals surface area contributed by atoms with Crippen molar-refractivity contribution in [3.8, 4) is 0 Å². The molecule has 0 bridgehead atoms. The van der Waals surface area contributed by atoms with E-state index in [0.29, 0.717) is 13.0 Å². The molecule has 1 unspecified atom stereocenters. The van der Waals surface area contributed by atoms with E-state index in [1.165, 1.54) is 0 Å². The predicted octanol–water partition coefficient (Wildman–Crippen LogP) is -0.709. The van der Waals surface area contributed by atoms with Gasteiger partial charge in [0.1, 0.15) is 0 Å². The molecule has 0 aliphatic heterocycles. The van der Waals surface area contributed by atoms with Crippen LogP contribution in [0.4, 0.5) is 0 Å². The lowest BCUT2D eigenvalue weighted by Crippen LogP contribution is -2.26. The van der Waals surface area contributed by atoms with Gasteiger partial charge in [0.05, 0.1) is 6.10 Å². The molecule has 0 rings (SSSR count). The Balaban J connectivity index is 3.15. The van der Waals surface area contributed by atoms with E-state index in [9.17, 15) is 0 Å². The summed E-state index contributed by atoms with van der Waals surface area (Å²) in [5, 5.41) is 17.4. The van der Waals surface area contributed by atoms with Gasteiger partial charge in [0.2, 0.25) is 0 Å². The standard InChI is InChI=1S/C6H15NO2/c1-7(2)5-6(9)3-4-8/h6,8-9H,3-5H2,1-2H3. The molecule has 0 fully saturated rings. The number of hydrogen-bond donors (Lipinski definition) is 2. The van der Waals surface area contributed by atoms with Crippen molar-refractivity contribution >= 4 is 0 Å². The zero-order valence-corrected chi connectivity index (χ0v) is 6.04. The Bertz CT molecular complexity index is 66.1. The number of likely N-dealkylation sites (N-methyl/N-ethyl adjacent to an activating group) is 1. The molecule has 0 aliphatic rings. The van der Waals surface area contributed by atoms with Crippen LogP contribution in [0.3, 0.4) is 0 Å². The smallest absolute Gasteiger partial charge is 0.0688 e. The molecule has 0 aliphatic carbocycles. The summed E-state index contributed by atoms with van der Waals surface area (Å²) in [6.45, 7) is 0.690. The van der Waals surface area contributed by atoms with Crippen LogP contribution in [-0.4, -0.2) is 48.5 Å². The summed E-state index contributed by atoms with van der Waals surface area (Å²) in [6, 6.07) is 0. The largest absolute Gasteiger partial charge is 0.396 e. The number of hydrogen-bond acceptors (Lipinski definition) is 3. The molecule has 1 atom stereocenters. The molecular weight excluding hydrogens is 118 g/mol. The van der Waals surface area contributed by atoms with Gasteiger partial charge >= 0.3 is 0 Å². The van der Waals surface area contributed by atoms with Crippen LogP contribution >= 0.6 is 0 Å². The highest BCUT2D eigenvalue weighted by Gasteiger charge is 2.02. The highest BCUT2D eigenvalue weighted by Crippen LogP contribution is 1.90. The second kappa shape index (κ2) is 4.73. The predicted molar refractivity (Wildman–Crippen MR) is 36.3 cm³/mol. The van der Waals surface area contributed by atoms with E-state index in [4.69, 9.17) is 10.2 Å². The van der Waals surface area contributed by atoms with Crippen LogP contribution in [-0.2, 0) is 0 Å². The van der Waals surface area contributed by atoms with Gasteiger partial charge in [0.25, 0.3) is 0 Å². The number of nitrogens with zero attached hydrogens (tertiary/aromatic N) is 1. The molecule has 9 heavy (non-hydrogen) atoms. The second-order valence-corrected chi connectivity index (χ2v) is 2.43. The molecule has 0 saturated heterocycles. The lowest BCUT2D eigenvalue weighted by Gasteiger charge is -2.13. The van der Waals surface area contributed by atoms with Gasteiger partial charge in [-0.2, -0.15) is 0 Å². The molecule has 2 N–H and O–H groups in total.